The maximum Gasteiger partial charge on any atom is 0.239 e. The van der Waals surface area contributed by atoms with Crippen molar-refractivity contribution in [2.45, 2.75) is 11.3 Å². The number of benzene rings is 3. The summed E-state index contributed by atoms with van der Waals surface area (Å²) in [6.07, 6.45) is 0.693. The van der Waals surface area contributed by atoms with Gasteiger partial charge in [-0.3, -0.25) is 4.79 Å². The van der Waals surface area contributed by atoms with Gasteiger partial charge in [-0.05, 0) is 54.1 Å². The number of thiazole rings is 1. The topological polar surface area (TPSA) is 76.1 Å². The van der Waals surface area contributed by atoms with E-state index < -0.39 is 21.5 Å². The highest BCUT2D eigenvalue weighted by Gasteiger charge is 2.19. The van der Waals surface area contributed by atoms with E-state index in [4.69, 9.17) is 11.6 Å². The molecule has 3 aromatic carbocycles. The van der Waals surface area contributed by atoms with Gasteiger partial charge in [-0.1, -0.05) is 35.9 Å². The number of halogens is 1. The Morgan fingerprint density at radius 3 is 2.37 bits per heavy atom. The molecule has 4 aromatic rings. The Morgan fingerprint density at radius 2 is 1.67 bits per heavy atom. The van der Waals surface area contributed by atoms with E-state index in [9.17, 15) is 13.2 Å². The first-order chi connectivity index (χ1) is 14.4. The lowest BCUT2D eigenvalue weighted by Crippen LogP contribution is -2.23. The van der Waals surface area contributed by atoms with Crippen LogP contribution in [0.3, 0.4) is 0 Å². The van der Waals surface area contributed by atoms with Crippen molar-refractivity contribution in [2.75, 3.05) is 11.1 Å². The lowest BCUT2D eigenvalue weighted by atomic mass is 10.1. The number of para-hydroxylation sites is 1. The molecule has 0 fully saturated rings. The largest absolute Gasteiger partial charge is 0.325 e. The zero-order valence-electron chi connectivity index (χ0n) is 15.7. The van der Waals surface area contributed by atoms with E-state index in [2.05, 4.69) is 10.3 Å². The van der Waals surface area contributed by atoms with Gasteiger partial charge in [0.1, 0.15) is 5.75 Å². The van der Waals surface area contributed by atoms with E-state index >= 15 is 0 Å². The fourth-order valence-electron chi connectivity index (χ4n) is 2.97. The second-order valence-corrected chi connectivity index (χ2v) is 10.3. The number of hydrogen-bond acceptors (Lipinski definition) is 5. The number of anilines is 1. The summed E-state index contributed by atoms with van der Waals surface area (Å²) in [6, 6.07) is 21.1. The van der Waals surface area contributed by atoms with Gasteiger partial charge in [0.25, 0.3) is 0 Å². The van der Waals surface area contributed by atoms with Crippen molar-refractivity contribution in [1.82, 2.24) is 4.98 Å². The van der Waals surface area contributed by atoms with Crippen LogP contribution >= 0.6 is 22.9 Å². The van der Waals surface area contributed by atoms with E-state index in [-0.39, 0.29) is 4.90 Å². The molecule has 1 N–H and O–H groups in total. The number of amides is 1. The molecule has 8 heteroatoms. The third-order valence-corrected chi connectivity index (χ3v) is 7.35. The van der Waals surface area contributed by atoms with Crippen molar-refractivity contribution in [2.24, 2.45) is 0 Å². The average Bonchev–Trinajstić information content (AvgIpc) is 3.11. The summed E-state index contributed by atoms with van der Waals surface area (Å²) in [5, 5.41) is 4.08. The van der Waals surface area contributed by atoms with Gasteiger partial charge in [0.15, 0.2) is 9.84 Å². The number of nitrogens with zero attached hydrogens (tertiary/aromatic N) is 1. The highest BCUT2D eigenvalue weighted by atomic mass is 35.5. The number of aromatic nitrogens is 1. The minimum atomic E-state index is -3.74. The van der Waals surface area contributed by atoms with Crippen molar-refractivity contribution in [1.29, 1.82) is 0 Å². The van der Waals surface area contributed by atoms with Gasteiger partial charge >= 0.3 is 0 Å². The quantitative estimate of drug-likeness (QED) is 0.445. The Kier molecular flexibility index (Phi) is 5.85. The summed E-state index contributed by atoms with van der Waals surface area (Å²) in [6.45, 7) is 0. The van der Waals surface area contributed by atoms with Crippen LogP contribution in [0.1, 0.15) is 10.6 Å². The van der Waals surface area contributed by atoms with Gasteiger partial charge in [0, 0.05) is 17.1 Å². The van der Waals surface area contributed by atoms with Crippen LogP contribution in [0.2, 0.25) is 5.02 Å². The van der Waals surface area contributed by atoms with Crippen molar-refractivity contribution in [3.8, 4) is 0 Å². The first-order valence-corrected chi connectivity index (χ1v) is 12.0. The highest BCUT2D eigenvalue weighted by molar-refractivity contribution is 7.92. The molecule has 0 spiro atoms. The molecule has 0 bridgehead atoms. The number of carbonyl (C=O) groups is 1. The standard InChI is InChI=1S/C22H17ClN2O3S2/c23-16-7-11-18(12-8-16)30(27,28)14-21(26)24-17-9-5-15(6-10-17)13-22-25-19-3-1-2-4-20(19)29-22/h1-12H,13-14H2,(H,24,26). The fraction of sp³-hybridized carbons (Fsp3) is 0.0909. The Morgan fingerprint density at radius 1 is 0.967 bits per heavy atom. The van der Waals surface area contributed by atoms with Gasteiger partial charge in [0.05, 0.1) is 20.1 Å². The van der Waals surface area contributed by atoms with Gasteiger partial charge in [-0.15, -0.1) is 11.3 Å². The Balaban J connectivity index is 1.39. The van der Waals surface area contributed by atoms with Gasteiger partial charge in [-0.25, -0.2) is 13.4 Å². The first kappa shape index (κ1) is 20.5. The normalized spacial score (nSPS) is 11.5. The molecule has 30 heavy (non-hydrogen) atoms. The number of hydrogen-bond donors (Lipinski definition) is 1. The number of fused-ring (bicyclic) bond motifs is 1. The number of nitrogens with one attached hydrogen (secondary N) is 1. The van der Waals surface area contributed by atoms with Gasteiger partial charge < -0.3 is 5.32 Å². The summed E-state index contributed by atoms with van der Waals surface area (Å²) in [4.78, 5) is 16.9. The molecule has 0 aliphatic rings. The van der Waals surface area contributed by atoms with Gasteiger partial charge in [-0.2, -0.15) is 0 Å². The van der Waals surface area contributed by atoms with Crippen molar-refractivity contribution in [3.63, 3.8) is 0 Å². The molecular weight excluding hydrogens is 440 g/mol. The second kappa shape index (κ2) is 8.55. The molecule has 1 aromatic heterocycles. The molecule has 0 radical (unpaired) electrons. The molecular formula is C22H17ClN2O3S2. The molecule has 1 amide bonds. The summed E-state index contributed by atoms with van der Waals surface area (Å²) < 4.78 is 25.9. The third kappa shape index (κ3) is 4.87. The molecule has 1 heterocycles. The molecule has 152 valence electrons. The highest BCUT2D eigenvalue weighted by Crippen LogP contribution is 2.24. The van der Waals surface area contributed by atoms with Crippen LogP contribution < -0.4 is 5.32 Å². The molecule has 0 atom stereocenters. The van der Waals surface area contributed by atoms with E-state index in [1.54, 1.807) is 23.5 Å². The Bertz CT molecular complexity index is 1270. The van der Waals surface area contributed by atoms with Gasteiger partial charge in [0.2, 0.25) is 5.91 Å². The summed E-state index contributed by atoms with van der Waals surface area (Å²) in [5.74, 6) is -1.23. The van der Waals surface area contributed by atoms with Crippen LogP contribution in [0.25, 0.3) is 10.2 Å². The zero-order valence-corrected chi connectivity index (χ0v) is 18.1. The molecule has 0 saturated carbocycles. The minimum Gasteiger partial charge on any atom is -0.325 e. The van der Waals surface area contributed by atoms with Crippen LogP contribution in [-0.2, 0) is 21.1 Å². The predicted octanol–water partition coefficient (Wildman–Crippen LogP) is 4.95. The first-order valence-electron chi connectivity index (χ1n) is 9.11. The van der Waals surface area contributed by atoms with Crippen LogP contribution in [0, 0.1) is 0 Å². The molecule has 5 nitrogen and oxygen atoms in total. The lowest BCUT2D eigenvalue weighted by molar-refractivity contribution is -0.113. The summed E-state index contributed by atoms with van der Waals surface area (Å²) in [7, 11) is -3.74. The number of carbonyl (C=O) groups excluding carboxylic acids is 1. The van der Waals surface area contributed by atoms with Crippen molar-refractivity contribution in [3.05, 3.63) is 88.4 Å². The third-order valence-electron chi connectivity index (χ3n) is 4.43. The van der Waals surface area contributed by atoms with E-state index in [0.29, 0.717) is 17.1 Å². The molecule has 0 unspecified atom stereocenters. The van der Waals surface area contributed by atoms with Crippen molar-refractivity contribution >= 4 is 54.6 Å². The molecule has 0 aliphatic carbocycles. The molecule has 0 aliphatic heterocycles. The summed E-state index contributed by atoms with van der Waals surface area (Å²) in [5.41, 5.74) is 2.59. The van der Waals surface area contributed by atoms with Crippen LogP contribution in [0.4, 0.5) is 5.69 Å². The van der Waals surface area contributed by atoms with Crippen LogP contribution in [0.15, 0.2) is 77.7 Å². The fourth-order valence-corrected chi connectivity index (χ4v) is 5.23. The minimum absolute atomic E-state index is 0.0632. The maximum absolute atomic E-state index is 12.4. The lowest BCUT2D eigenvalue weighted by Gasteiger charge is -2.07. The molecule has 0 saturated heterocycles. The average molecular weight is 457 g/mol. The second-order valence-electron chi connectivity index (χ2n) is 6.71. The Labute approximate surface area is 183 Å². The Hall–Kier alpha value is -2.74. The van der Waals surface area contributed by atoms with E-state index in [0.717, 1.165) is 20.8 Å². The van der Waals surface area contributed by atoms with Crippen molar-refractivity contribution < 1.29 is 13.2 Å². The smallest absolute Gasteiger partial charge is 0.239 e. The zero-order chi connectivity index (χ0) is 21.1. The molecule has 4 rings (SSSR count). The van der Waals surface area contributed by atoms with Crippen LogP contribution in [0.5, 0.6) is 0 Å². The van der Waals surface area contributed by atoms with E-state index in [1.165, 1.54) is 24.3 Å². The predicted molar refractivity (Wildman–Crippen MR) is 121 cm³/mol. The monoisotopic (exact) mass is 456 g/mol. The van der Waals surface area contributed by atoms with Crippen LogP contribution in [-0.4, -0.2) is 25.1 Å². The number of sulfone groups is 1. The number of rotatable bonds is 6. The maximum atomic E-state index is 12.4. The summed E-state index contributed by atoms with van der Waals surface area (Å²) >= 11 is 7.44. The SMILES string of the molecule is O=C(CS(=O)(=O)c1ccc(Cl)cc1)Nc1ccc(Cc2nc3ccccc3s2)cc1. The van der Waals surface area contributed by atoms with E-state index in [1.807, 2.05) is 36.4 Å².